The van der Waals surface area contributed by atoms with Crippen molar-refractivity contribution in [3.05, 3.63) is 101 Å². The van der Waals surface area contributed by atoms with Crippen LogP contribution in [0.5, 0.6) is 0 Å². The number of aromatic amines is 2. The second kappa shape index (κ2) is 10.0. The largest absolute Gasteiger partial charge is 0.336 e. The molecule has 1 aromatic carbocycles. The fraction of sp³-hybridized carbons (Fsp3) is 0.0690. The van der Waals surface area contributed by atoms with Gasteiger partial charge in [0.15, 0.2) is 11.5 Å². The van der Waals surface area contributed by atoms with Crippen LogP contribution in [-0.2, 0) is 13.1 Å². The Morgan fingerprint density at radius 1 is 0.821 bits per heavy atom. The van der Waals surface area contributed by atoms with Gasteiger partial charge in [0.1, 0.15) is 16.7 Å². The summed E-state index contributed by atoms with van der Waals surface area (Å²) in [6, 6.07) is 22.1. The molecule has 0 bridgehead atoms. The molecule has 10 heteroatoms. The minimum absolute atomic E-state index is 0.620. The first-order valence-electron chi connectivity index (χ1n) is 12.4. The van der Waals surface area contributed by atoms with Crippen molar-refractivity contribution >= 4 is 45.0 Å². The normalized spacial score (nSPS) is 11.5. The van der Waals surface area contributed by atoms with E-state index in [0.29, 0.717) is 22.4 Å². The minimum Gasteiger partial charge on any atom is -0.336 e. The topological polar surface area (TPSA) is 108 Å². The van der Waals surface area contributed by atoms with E-state index in [2.05, 4.69) is 48.7 Å². The van der Waals surface area contributed by atoms with Crippen molar-refractivity contribution in [1.82, 2.24) is 40.4 Å². The number of hydrogen-bond acceptors (Lipinski definition) is 7. The maximum Gasteiger partial charge on any atom is 0.161 e. The summed E-state index contributed by atoms with van der Waals surface area (Å²) in [5, 5.41) is 11.1. The first-order chi connectivity index (χ1) is 19.2. The van der Waals surface area contributed by atoms with Crippen LogP contribution in [0.3, 0.4) is 0 Å². The van der Waals surface area contributed by atoms with Crippen LogP contribution in [0.4, 0.5) is 0 Å². The summed E-state index contributed by atoms with van der Waals surface area (Å²) in [5.74, 6) is 0.620. The van der Waals surface area contributed by atoms with E-state index < -0.39 is 0 Å². The molecule has 6 aromatic heterocycles. The molecule has 0 spiro atoms. The van der Waals surface area contributed by atoms with Crippen molar-refractivity contribution in [3.63, 3.8) is 0 Å². The zero-order valence-corrected chi connectivity index (χ0v) is 22.1. The number of halogens is 1. The van der Waals surface area contributed by atoms with E-state index >= 15 is 0 Å². The number of nitrogens with one attached hydrogen (secondary N) is 3. The molecule has 0 saturated carbocycles. The molecule has 0 aliphatic rings. The van der Waals surface area contributed by atoms with Gasteiger partial charge in [-0.15, -0.1) is 11.3 Å². The van der Waals surface area contributed by atoms with Gasteiger partial charge in [0.05, 0.1) is 25.9 Å². The first kappa shape index (κ1) is 23.7. The average molecular weight is 549 g/mol. The van der Waals surface area contributed by atoms with Gasteiger partial charge >= 0.3 is 0 Å². The Morgan fingerprint density at radius 3 is 2.56 bits per heavy atom. The Balaban J connectivity index is 1.20. The Hall–Kier alpha value is -4.44. The molecule has 190 valence electrons. The number of aromatic nitrogens is 7. The molecule has 6 heterocycles. The lowest BCUT2D eigenvalue weighted by Crippen LogP contribution is -2.12. The van der Waals surface area contributed by atoms with Gasteiger partial charge in [-0.05, 0) is 47.5 Å². The summed E-state index contributed by atoms with van der Waals surface area (Å²) < 4.78 is 0.708. The average Bonchev–Trinajstić information content (AvgIpc) is 3.71. The van der Waals surface area contributed by atoms with E-state index in [1.807, 2.05) is 60.9 Å². The van der Waals surface area contributed by atoms with Crippen LogP contribution in [0.2, 0.25) is 4.34 Å². The maximum absolute atomic E-state index is 6.17. The third-order valence-corrected chi connectivity index (χ3v) is 7.67. The number of H-pyrrole nitrogens is 2. The van der Waals surface area contributed by atoms with E-state index in [9.17, 15) is 0 Å². The second-order valence-corrected chi connectivity index (χ2v) is 10.8. The molecule has 0 fully saturated rings. The second-order valence-electron chi connectivity index (χ2n) is 9.08. The number of hydrogen-bond donors (Lipinski definition) is 3. The Labute approximate surface area is 232 Å². The predicted molar refractivity (Wildman–Crippen MR) is 155 cm³/mol. The summed E-state index contributed by atoms with van der Waals surface area (Å²) in [6.45, 7) is 1.50. The van der Waals surface area contributed by atoms with Crippen molar-refractivity contribution in [1.29, 1.82) is 0 Å². The van der Waals surface area contributed by atoms with Gasteiger partial charge in [0, 0.05) is 37.2 Å². The highest BCUT2D eigenvalue weighted by molar-refractivity contribution is 7.19. The van der Waals surface area contributed by atoms with Gasteiger partial charge in [-0.1, -0.05) is 41.9 Å². The number of benzene rings is 1. The standard InChI is InChI=1S/C29H21ClN8S/c30-24-9-8-23(39-24)27-25-21(10-11-33-27)35-29(36-25)28-26-22(37-38-28)7-6-20(34-26)19-12-18(15-32-16-19)14-31-13-17-4-2-1-3-5-17/h1-12,15-16,31H,13-14H2,(H,35,36)(H,37,38). The first-order valence-corrected chi connectivity index (χ1v) is 13.6. The number of fused-ring (bicyclic) bond motifs is 2. The van der Waals surface area contributed by atoms with Crippen LogP contribution in [0.15, 0.2) is 85.3 Å². The van der Waals surface area contributed by atoms with Gasteiger partial charge in [-0.25, -0.2) is 9.97 Å². The molecule has 39 heavy (non-hydrogen) atoms. The van der Waals surface area contributed by atoms with Gasteiger partial charge in [-0.2, -0.15) is 5.10 Å². The van der Waals surface area contributed by atoms with Crippen molar-refractivity contribution in [2.24, 2.45) is 0 Å². The van der Waals surface area contributed by atoms with Crippen LogP contribution in [0, 0.1) is 0 Å². The van der Waals surface area contributed by atoms with Gasteiger partial charge in [0.25, 0.3) is 0 Å². The molecule has 7 aromatic rings. The molecule has 0 atom stereocenters. The number of thiophene rings is 1. The molecule has 0 aliphatic carbocycles. The number of nitrogens with zero attached hydrogens (tertiary/aromatic N) is 5. The predicted octanol–water partition coefficient (Wildman–Crippen LogP) is 6.63. The lowest BCUT2D eigenvalue weighted by Gasteiger charge is -2.07. The summed E-state index contributed by atoms with van der Waals surface area (Å²) in [6.07, 6.45) is 5.48. The molecule has 0 amide bonds. The Morgan fingerprint density at radius 2 is 1.69 bits per heavy atom. The highest BCUT2D eigenvalue weighted by Gasteiger charge is 2.18. The Bertz CT molecular complexity index is 1920. The number of imidazole rings is 1. The van der Waals surface area contributed by atoms with E-state index in [1.54, 1.807) is 6.20 Å². The fourth-order valence-electron chi connectivity index (χ4n) is 4.57. The number of pyridine rings is 3. The van der Waals surface area contributed by atoms with Crippen LogP contribution in [-0.4, -0.2) is 35.1 Å². The van der Waals surface area contributed by atoms with Gasteiger partial charge in [-0.3, -0.25) is 15.1 Å². The molecule has 0 aliphatic heterocycles. The van der Waals surface area contributed by atoms with Crippen molar-refractivity contribution in [2.75, 3.05) is 0 Å². The zero-order chi connectivity index (χ0) is 26.2. The molecular formula is C29H21ClN8S. The van der Waals surface area contributed by atoms with Crippen molar-refractivity contribution < 1.29 is 0 Å². The Kier molecular flexibility index (Phi) is 6.08. The number of rotatable bonds is 7. The molecule has 0 radical (unpaired) electrons. The highest BCUT2D eigenvalue weighted by atomic mass is 35.5. The highest BCUT2D eigenvalue weighted by Crippen LogP contribution is 2.35. The molecule has 0 unspecified atom stereocenters. The van der Waals surface area contributed by atoms with Crippen molar-refractivity contribution in [3.8, 4) is 33.3 Å². The fourth-order valence-corrected chi connectivity index (χ4v) is 5.61. The van der Waals surface area contributed by atoms with E-state index in [0.717, 1.165) is 56.0 Å². The maximum atomic E-state index is 6.17. The summed E-state index contributed by atoms with van der Waals surface area (Å²) >= 11 is 7.64. The molecule has 8 nitrogen and oxygen atoms in total. The lowest BCUT2D eigenvalue weighted by molar-refractivity contribution is 0.691. The van der Waals surface area contributed by atoms with E-state index in [1.165, 1.54) is 16.9 Å². The quantitative estimate of drug-likeness (QED) is 0.206. The lowest BCUT2D eigenvalue weighted by atomic mass is 10.1. The third-order valence-electron chi connectivity index (χ3n) is 6.43. The zero-order valence-electron chi connectivity index (χ0n) is 20.5. The molecule has 0 saturated heterocycles. The minimum atomic E-state index is 0.620. The summed E-state index contributed by atoms with van der Waals surface area (Å²) in [5.41, 5.74) is 8.70. The smallest absolute Gasteiger partial charge is 0.161 e. The monoisotopic (exact) mass is 548 g/mol. The van der Waals surface area contributed by atoms with Crippen LogP contribution in [0.1, 0.15) is 11.1 Å². The van der Waals surface area contributed by atoms with Crippen molar-refractivity contribution in [2.45, 2.75) is 13.1 Å². The molecule has 3 N–H and O–H groups in total. The van der Waals surface area contributed by atoms with Gasteiger partial charge < -0.3 is 10.3 Å². The van der Waals surface area contributed by atoms with Crippen LogP contribution in [0.25, 0.3) is 55.4 Å². The van der Waals surface area contributed by atoms with Crippen LogP contribution >= 0.6 is 22.9 Å². The van der Waals surface area contributed by atoms with E-state index in [4.69, 9.17) is 21.6 Å². The third kappa shape index (κ3) is 4.67. The molecule has 7 rings (SSSR count). The van der Waals surface area contributed by atoms with Gasteiger partial charge in [0.2, 0.25) is 0 Å². The molecular weight excluding hydrogens is 528 g/mol. The summed E-state index contributed by atoms with van der Waals surface area (Å²) in [7, 11) is 0. The summed E-state index contributed by atoms with van der Waals surface area (Å²) in [4.78, 5) is 23.2. The SMILES string of the molecule is Clc1ccc(-c2nccc3[nH]c(-c4n[nH]c5ccc(-c6cncc(CNCc7ccccc7)c6)nc45)nc23)s1. The van der Waals surface area contributed by atoms with E-state index in [-0.39, 0.29) is 0 Å². The van der Waals surface area contributed by atoms with Crippen LogP contribution < -0.4 is 5.32 Å².